The van der Waals surface area contributed by atoms with Crippen LogP contribution in [0.15, 0.2) is 66.7 Å². The van der Waals surface area contributed by atoms with Crippen LogP contribution in [-0.4, -0.2) is 0 Å². The lowest BCUT2D eigenvalue weighted by Gasteiger charge is -2.09. The number of nitriles is 1. The molecule has 0 atom stereocenters. The molecule has 3 rings (SSSR count). The molecule has 0 aliphatic heterocycles. The molecule has 0 unspecified atom stereocenters. The van der Waals surface area contributed by atoms with Crippen molar-refractivity contribution in [2.24, 2.45) is 0 Å². The van der Waals surface area contributed by atoms with Crippen LogP contribution in [-0.2, 0) is 18.0 Å². The molecule has 3 nitrogen and oxygen atoms in total. The van der Waals surface area contributed by atoms with E-state index >= 15 is 0 Å². The van der Waals surface area contributed by atoms with E-state index in [-0.39, 0.29) is 5.82 Å². The largest absolute Gasteiger partial charge is 0.457 e. The third kappa shape index (κ3) is 4.69. The van der Waals surface area contributed by atoms with Crippen molar-refractivity contribution in [2.45, 2.75) is 20.1 Å². The first-order valence-electron chi connectivity index (χ1n) is 8.24. The molecule has 0 aromatic heterocycles. The highest BCUT2D eigenvalue weighted by Gasteiger charge is 2.03. The van der Waals surface area contributed by atoms with E-state index in [0.29, 0.717) is 30.3 Å². The van der Waals surface area contributed by atoms with E-state index in [1.54, 1.807) is 18.2 Å². The van der Waals surface area contributed by atoms with E-state index < -0.39 is 0 Å². The lowest BCUT2D eigenvalue weighted by molar-refractivity contribution is 0.107. The van der Waals surface area contributed by atoms with Crippen molar-refractivity contribution in [1.29, 1.82) is 5.26 Å². The summed E-state index contributed by atoms with van der Waals surface area (Å²) in [5, 5.41) is 8.98. The zero-order valence-corrected chi connectivity index (χ0v) is 14.4. The third-order valence-electron chi connectivity index (χ3n) is 3.98. The Morgan fingerprint density at radius 2 is 1.54 bits per heavy atom. The molecule has 0 amide bonds. The monoisotopic (exact) mass is 347 g/mol. The van der Waals surface area contributed by atoms with Crippen molar-refractivity contribution < 1.29 is 13.9 Å². The van der Waals surface area contributed by atoms with Gasteiger partial charge in [-0.1, -0.05) is 18.2 Å². The summed E-state index contributed by atoms with van der Waals surface area (Å²) in [5.74, 6) is 0.974. The van der Waals surface area contributed by atoms with Gasteiger partial charge < -0.3 is 9.47 Å². The fourth-order valence-corrected chi connectivity index (χ4v) is 2.47. The number of rotatable bonds is 6. The van der Waals surface area contributed by atoms with Gasteiger partial charge in [-0.05, 0) is 72.1 Å². The summed E-state index contributed by atoms with van der Waals surface area (Å²) in [5.41, 5.74) is 3.77. The van der Waals surface area contributed by atoms with Crippen LogP contribution in [0.2, 0.25) is 0 Å². The number of halogens is 1. The molecule has 26 heavy (non-hydrogen) atoms. The van der Waals surface area contributed by atoms with Crippen LogP contribution in [0.5, 0.6) is 11.5 Å². The van der Waals surface area contributed by atoms with Gasteiger partial charge in [-0.2, -0.15) is 5.26 Å². The van der Waals surface area contributed by atoms with Gasteiger partial charge in [0, 0.05) is 0 Å². The molecular formula is C22H18FNO2. The highest BCUT2D eigenvalue weighted by atomic mass is 19.1. The zero-order chi connectivity index (χ0) is 18.4. The first-order valence-corrected chi connectivity index (χ1v) is 8.24. The Bertz CT molecular complexity index is 912. The predicted molar refractivity (Wildman–Crippen MR) is 97.3 cm³/mol. The molecule has 3 aromatic rings. The van der Waals surface area contributed by atoms with E-state index in [1.807, 2.05) is 43.3 Å². The average Bonchev–Trinajstić information content (AvgIpc) is 2.66. The van der Waals surface area contributed by atoms with Gasteiger partial charge in [-0.15, -0.1) is 0 Å². The quantitative estimate of drug-likeness (QED) is 0.590. The maximum Gasteiger partial charge on any atom is 0.127 e. The molecular weight excluding hydrogens is 329 g/mol. The molecule has 0 N–H and O–H groups in total. The number of hydrogen-bond acceptors (Lipinski definition) is 3. The lowest BCUT2D eigenvalue weighted by atomic mass is 10.1. The molecule has 0 saturated heterocycles. The van der Waals surface area contributed by atoms with Gasteiger partial charge in [0.2, 0.25) is 0 Å². The molecule has 0 aliphatic rings. The summed E-state index contributed by atoms with van der Waals surface area (Å²) < 4.78 is 24.3. The number of nitrogens with zero attached hydrogens (tertiary/aromatic N) is 1. The summed E-state index contributed by atoms with van der Waals surface area (Å²) >= 11 is 0. The molecule has 3 aromatic carbocycles. The second kappa shape index (κ2) is 8.28. The SMILES string of the molecule is Cc1ccc(C#N)cc1COCc1ccc(Oc2ccc(F)cc2)cc1. The minimum Gasteiger partial charge on any atom is -0.457 e. The van der Waals surface area contributed by atoms with Gasteiger partial charge in [-0.25, -0.2) is 4.39 Å². The summed E-state index contributed by atoms with van der Waals surface area (Å²) in [6.07, 6.45) is 0. The van der Waals surface area contributed by atoms with Gasteiger partial charge in [0.1, 0.15) is 17.3 Å². The number of benzene rings is 3. The minimum atomic E-state index is -0.291. The van der Waals surface area contributed by atoms with Crippen LogP contribution >= 0.6 is 0 Å². The topological polar surface area (TPSA) is 42.2 Å². The smallest absolute Gasteiger partial charge is 0.127 e. The van der Waals surface area contributed by atoms with Crippen LogP contribution < -0.4 is 4.74 Å². The molecule has 0 fully saturated rings. The Labute approximate surface area is 152 Å². The van der Waals surface area contributed by atoms with Gasteiger partial charge in [0.25, 0.3) is 0 Å². The predicted octanol–water partition coefficient (Wildman–Crippen LogP) is 5.51. The third-order valence-corrected chi connectivity index (χ3v) is 3.98. The second-order valence-electron chi connectivity index (χ2n) is 5.95. The number of ether oxygens (including phenoxy) is 2. The van der Waals surface area contributed by atoms with Gasteiger partial charge >= 0.3 is 0 Å². The van der Waals surface area contributed by atoms with Gasteiger partial charge in [-0.3, -0.25) is 0 Å². The first-order chi connectivity index (χ1) is 12.6. The molecule has 0 bridgehead atoms. The van der Waals surface area contributed by atoms with Crippen LogP contribution in [0.4, 0.5) is 4.39 Å². The highest BCUT2D eigenvalue weighted by Crippen LogP contribution is 2.22. The van der Waals surface area contributed by atoms with E-state index in [2.05, 4.69) is 6.07 Å². The lowest BCUT2D eigenvalue weighted by Crippen LogP contribution is -1.97. The van der Waals surface area contributed by atoms with Crippen molar-refractivity contribution in [3.8, 4) is 17.6 Å². The molecule has 0 saturated carbocycles. The van der Waals surface area contributed by atoms with Crippen LogP contribution in [0.1, 0.15) is 22.3 Å². The summed E-state index contributed by atoms with van der Waals surface area (Å²) in [7, 11) is 0. The van der Waals surface area contributed by atoms with E-state index in [9.17, 15) is 4.39 Å². The van der Waals surface area contributed by atoms with Crippen LogP contribution in [0, 0.1) is 24.1 Å². The van der Waals surface area contributed by atoms with Crippen LogP contribution in [0.25, 0.3) is 0 Å². The molecule has 0 aliphatic carbocycles. The fourth-order valence-electron chi connectivity index (χ4n) is 2.47. The average molecular weight is 347 g/mol. The van der Waals surface area contributed by atoms with Crippen molar-refractivity contribution in [3.63, 3.8) is 0 Å². The Hall–Kier alpha value is -3.16. The zero-order valence-electron chi connectivity index (χ0n) is 14.4. The number of aryl methyl sites for hydroxylation is 1. The summed E-state index contributed by atoms with van der Waals surface area (Å²) in [4.78, 5) is 0. The molecule has 0 radical (unpaired) electrons. The van der Waals surface area contributed by atoms with E-state index in [0.717, 1.165) is 16.7 Å². The second-order valence-corrected chi connectivity index (χ2v) is 5.95. The molecule has 0 heterocycles. The fraction of sp³-hybridized carbons (Fsp3) is 0.136. The Kier molecular flexibility index (Phi) is 5.62. The minimum absolute atomic E-state index is 0.291. The summed E-state index contributed by atoms with van der Waals surface area (Å²) in [6.45, 7) is 2.92. The Morgan fingerprint density at radius 1 is 0.885 bits per heavy atom. The molecule has 130 valence electrons. The van der Waals surface area contributed by atoms with Crippen molar-refractivity contribution >= 4 is 0 Å². The van der Waals surface area contributed by atoms with E-state index in [1.165, 1.54) is 12.1 Å². The maximum absolute atomic E-state index is 12.9. The Balaban J connectivity index is 1.55. The normalized spacial score (nSPS) is 10.3. The first kappa shape index (κ1) is 17.7. The van der Waals surface area contributed by atoms with Crippen molar-refractivity contribution in [2.75, 3.05) is 0 Å². The van der Waals surface area contributed by atoms with Gasteiger partial charge in [0.15, 0.2) is 0 Å². The van der Waals surface area contributed by atoms with Crippen LogP contribution in [0.3, 0.4) is 0 Å². The van der Waals surface area contributed by atoms with Crippen molar-refractivity contribution in [3.05, 3.63) is 94.8 Å². The maximum atomic E-state index is 12.9. The Morgan fingerprint density at radius 3 is 2.19 bits per heavy atom. The molecule has 4 heteroatoms. The highest BCUT2D eigenvalue weighted by molar-refractivity contribution is 5.37. The van der Waals surface area contributed by atoms with Gasteiger partial charge in [0.05, 0.1) is 24.8 Å². The van der Waals surface area contributed by atoms with Crippen molar-refractivity contribution in [1.82, 2.24) is 0 Å². The molecule has 0 spiro atoms. The summed E-state index contributed by atoms with van der Waals surface area (Å²) in [6, 6.07) is 21.2. The number of hydrogen-bond donors (Lipinski definition) is 0. The van der Waals surface area contributed by atoms with E-state index in [4.69, 9.17) is 14.7 Å². The standard InChI is InChI=1S/C22H18FNO2/c1-16-2-3-18(13-24)12-19(16)15-25-14-17-4-8-21(9-5-17)26-22-10-6-20(23)7-11-22/h2-12H,14-15H2,1H3.